The summed E-state index contributed by atoms with van der Waals surface area (Å²) in [7, 11) is 0. The molecule has 0 saturated carbocycles. The molecule has 19 heavy (non-hydrogen) atoms. The van der Waals surface area contributed by atoms with Gasteiger partial charge in [-0.3, -0.25) is 4.79 Å². The first-order valence-electron chi connectivity index (χ1n) is 7.28. The van der Waals surface area contributed by atoms with Gasteiger partial charge in [-0.25, -0.2) is 0 Å². The van der Waals surface area contributed by atoms with Crippen LogP contribution in [0.1, 0.15) is 37.3 Å². The number of benzene rings is 1. The first kappa shape index (κ1) is 14.1. The summed E-state index contributed by atoms with van der Waals surface area (Å²) < 4.78 is 0. The predicted molar refractivity (Wildman–Crippen MR) is 78.6 cm³/mol. The van der Waals surface area contributed by atoms with Crippen LogP contribution in [0, 0.1) is 13.8 Å². The molecule has 3 nitrogen and oxygen atoms in total. The number of hydrogen-bond acceptors (Lipinski definition) is 1. The molecule has 0 bridgehead atoms. The van der Waals surface area contributed by atoms with E-state index in [0.29, 0.717) is 12.6 Å². The third-order valence-electron chi connectivity index (χ3n) is 4.13. The molecule has 1 fully saturated rings. The van der Waals surface area contributed by atoms with Crippen molar-refractivity contribution in [3.8, 4) is 0 Å². The molecule has 0 spiro atoms. The Kier molecular flexibility index (Phi) is 4.59. The molecule has 0 radical (unpaired) electrons. The third-order valence-corrected chi connectivity index (χ3v) is 4.13. The van der Waals surface area contributed by atoms with Gasteiger partial charge in [-0.15, -0.1) is 0 Å². The lowest BCUT2D eigenvalue weighted by Gasteiger charge is -2.29. The summed E-state index contributed by atoms with van der Waals surface area (Å²) in [5, 5.41) is 3.05. The number of rotatable bonds is 3. The highest BCUT2D eigenvalue weighted by atomic mass is 16.2. The molecule has 1 saturated heterocycles. The maximum absolute atomic E-state index is 12.1. The first-order chi connectivity index (χ1) is 9.06. The number of hydrogen-bond donors (Lipinski definition) is 2. The molecule has 0 aliphatic carbocycles. The molecule has 3 heteroatoms. The summed E-state index contributed by atoms with van der Waals surface area (Å²) in [5.41, 5.74) is 3.31. The second-order valence-electron chi connectivity index (χ2n) is 5.85. The van der Waals surface area contributed by atoms with Crippen LogP contribution in [0.4, 0.5) is 5.69 Å². The summed E-state index contributed by atoms with van der Waals surface area (Å²) in [4.78, 5) is 13.6. The highest BCUT2D eigenvalue weighted by Crippen LogP contribution is 2.15. The van der Waals surface area contributed by atoms with E-state index in [1.165, 1.54) is 29.7 Å². The number of aryl methyl sites for hydroxylation is 2. The lowest BCUT2D eigenvalue weighted by atomic mass is 10.0. The summed E-state index contributed by atoms with van der Waals surface area (Å²) in [6.45, 7) is 8.08. The molecule has 0 aromatic heterocycles. The number of carbonyl (C=O) groups excluding carboxylic acids is 1. The van der Waals surface area contributed by atoms with Crippen LogP contribution in [0.5, 0.6) is 0 Å². The molecule has 104 valence electrons. The van der Waals surface area contributed by atoms with Crippen LogP contribution in [-0.2, 0) is 4.79 Å². The smallest absolute Gasteiger partial charge is 0.279 e. The number of anilines is 1. The van der Waals surface area contributed by atoms with Crippen LogP contribution < -0.4 is 10.2 Å². The van der Waals surface area contributed by atoms with Crippen molar-refractivity contribution in [3.63, 3.8) is 0 Å². The molecule has 1 aromatic rings. The van der Waals surface area contributed by atoms with Crippen molar-refractivity contribution >= 4 is 11.6 Å². The van der Waals surface area contributed by atoms with E-state index in [0.717, 1.165) is 17.8 Å². The molecular weight excluding hydrogens is 236 g/mol. The number of piperidine rings is 1. The molecule has 2 rings (SSSR count). The van der Waals surface area contributed by atoms with Crippen molar-refractivity contribution in [2.45, 2.75) is 46.1 Å². The molecule has 2 N–H and O–H groups in total. The van der Waals surface area contributed by atoms with Crippen LogP contribution in [0.15, 0.2) is 18.2 Å². The molecule has 1 heterocycles. The van der Waals surface area contributed by atoms with Gasteiger partial charge >= 0.3 is 0 Å². The van der Waals surface area contributed by atoms with Crippen molar-refractivity contribution in [3.05, 3.63) is 29.3 Å². The SMILES string of the molecule is Cc1ccc(NC(=O)C[NH+]2CCCC[C@@H]2C)c(C)c1. The van der Waals surface area contributed by atoms with Gasteiger partial charge in [-0.1, -0.05) is 17.7 Å². The normalized spacial score (nSPS) is 23.1. The first-order valence-corrected chi connectivity index (χ1v) is 7.28. The molecule has 1 amide bonds. The van der Waals surface area contributed by atoms with Crippen molar-refractivity contribution in [2.75, 3.05) is 18.4 Å². The fraction of sp³-hybridized carbons (Fsp3) is 0.562. The Bertz CT molecular complexity index is 456. The van der Waals surface area contributed by atoms with Crippen molar-refractivity contribution in [1.82, 2.24) is 0 Å². The van der Waals surface area contributed by atoms with E-state index in [1.54, 1.807) is 0 Å². The minimum absolute atomic E-state index is 0.135. The molecule has 2 atom stereocenters. The number of nitrogens with one attached hydrogen (secondary N) is 2. The van der Waals surface area contributed by atoms with Gasteiger partial charge in [0.05, 0.1) is 12.6 Å². The second-order valence-corrected chi connectivity index (χ2v) is 5.85. The Balaban J connectivity index is 1.93. The second kappa shape index (κ2) is 6.20. The van der Waals surface area contributed by atoms with E-state index >= 15 is 0 Å². The van der Waals surface area contributed by atoms with Gasteiger partial charge < -0.3 is 10.2 Å². The minimum atomic E-state index is 0.135. The highest BCUT2D eigenvalue weighted by molar-refractivity contribution is 5.92. The fourth-order valence-electron chi connectivity index (χ4n) is 2.87. The van der Waals surface area contributed by atoms with Crippen molar-refractivity contribution in [2.24, 2.45) is 0 Å². The molecule has 1 aromatic carbocycles. The zero-order valence-electron chi connectivity index (χ0n) is 12.3. The largest absolute Gasteiger partial charge is 0.325 e. The van der Waals surface area contributed by atoms with Gasteiger partial charge in [0.1, 0.15) is 0 Å². The number of likely N-dealkylation sites (tertiary alicyclic amines) is 1. The van der Waals surface area contributed by atoms with E-state index in [-0.39, 0.29) is 5.91 Å². The standard InChI is InChI=1S/C16H24N2O/c1-12-7-8-15(13(2)10-12)17-16(19)11-18-9-5-4-6-14(18)3/h7-8,10,14H,4-6,9,11H2,1-3H3,(H,17,19)/p+1/t14-/m0/s1. The zero-order chi connectivity index (χ0) is 13.8. The van der Waals surface area contributed by atoms with Crippen LogP contribution in [-0.4, -0.2) is 25.0 Å². The Morgan fingerprint density at radius 3 is 2.84 bits per heavy atom. The van der Waals surface area contributed by atoms with Gasteiger partial charge in [-0.2, -0.15) is 0 Å². The fourth-order valence-corrected chi connectivity index (χ4v) is 2.87. The Hall–Kier alpha value is -1.35. The summed E-state index contributed by atoms with van der Waals surface area (Å²) in [5.74, 6) is 0.135. The van der Waals surface area contributed by atoms with Crippen LogP contribution in [0.25, 0.3) is 0 Å². The maximum Gasteiger partial charge on any atom is 0.279 e. The van der Waals surface area contributed by atoms with Crippen LogP contribution in [0.2, 0.25) is 0 Å². The Morgan fingerprint density at radius 2 is 2.16 bits per heavy atom. The Morgan fingerprint density at radius 1 is 1.37 bits per heavy atom. The highest BCUT2D eigenvalue weighted by Gasteiger charge is 2.24. The quantitative estimate of drug-likeness (QED) is 0.853. The average Bonchev–Trinajstić information content (AvgIpc) is 2.36. The van der Waals surface area contributed by atoms with Gasteiger partial charge in [0.15, 0.2) is 6.54 Å². The van der Waals surface area contributed by atoms with E-state index in [1.807, 2.05) is 19.1 Å². The Labute approximate surface area is 116 Å². The van der Waals surface area contributed by atoms with Crippen molar-refractivity contribution in [1.29, 1.82) is 0 Å². The summed E-state index contributed by atoms with van der Waals surface area (Å²) in [6, 6.07) is 6.75. The molecular formula is C16H25N2O+. The molecule has 1 aliphatic heterocycles. The van der Waals surface area contributed by atoms with E-state index in [4.69, 9.17) is 0 Å². The lowest BCUT2D eigenvalue weighted by Crippen LogP contribution is -3.17. The van der Waals surface area contributed by atoms with Gasteiger partial charge in [0.2, 0.25) is 0 Å². The summed E-state index contributed by atoms with van der Waals surface area (Å²) >= 11 is 0. The third kappa shape index (κ3) is 3.80. The number of amides is 1. The molecule has 1 aliphatic rings. The molecule has 1 unspecified atom stereocenters. The summed E-state index contributed by atoms with van der Waals surface area (Å²) in [6.07, 6.45) is 3.80. The van der Waals surface area contributed by atoms with E-state index in [9.17, 15) is 4.79 Å². The van der Waals surface area contributed by atoms with Gasteiger partial charge in [-0.05, 0) is 51.7 Å². The van der Waals surface area contributed by atoms with Gasteiger partial charge in [0.25, 0.3) is 5.91 Å². The topological polar surface area (TPSA) is 33.5 Å². The lowest BCUT2D eigenvalue weighted by molar-refractivity contribution is -0.920. The van der Waals surface area contributed by atoms with Crippen molar-refractivity contribution < 1.29 is 9.69 Å². The number of quaternary nitrogens is 1. The van der Waals surface area contributed by atoms with Gasteiger partial charge in [0, 0.05) is 5.69 Å². The number of carbonyl (C=O) groups is 1. The van der Waals surface area contributed by atoms with Crippen LogP contribution >= 0.6 is 0 Å². The zero-order valence-corrected chi connectivity index (χ0v) is 12.3. The van der Waals surface area contributed by atoms with Crippen LogP contribution in [0.3, 0.4) is 0 Å². The average molecular weight is 261 g/mol. The van der Waals surface area contributed by atoms with E-state index < -0.39 is 0 Å². The van der Waals surface area contributed by atoms with E-state index in [2.05, 4.69) is 25.2 Å². The monoisotopic (exact) mass is 261 g/mol. The minimum Gasteiger partial charge on any atom is -0.325 e. The maximum atomic E-state index is 12.1. The predicted octanol–water partition coefficient (Wildman–Crippen LogP) is 1.70.